The molecule has 0 amide bonds. The molecule has 1 N–H and O–H groups in total. The van der Waals surface area contributed by atoms with Crippen LogP contribution in [0.15, 0.2) is 73.2 Å². The molecule has 3 aromatic rings. The maximum Gasteiger partial charge on any atom is 0.226 e. The molecule has 0 spiro atoms. The second-order valence-corrected chi connectivity index (χ2v) is 6.55. The van der Waals surface area contributed by atoms with Crippen molar-refractivity contribution in [2.75, 3.05) is 5.32 Å². The standard InChI is InChI=1S/C21H20N4O2/c1-14-19(15(2)26)20(25-21(24-14)22-13-23-25)17-8-10-18(11-9-17)27-12-16-6-4-3-5-7-16/h3-11,13,19-20H,1,12H2,2H3,(H,22,23,24). The highest BCUT2D eigenvalue weighted by Gasteiger charge is 2.37. The van der Waals surface area contributed by atoms with Crippen LogP contribution in [-0.2, 0) is 11.4 Å². The van der Waals surface area contributed by atoms with Crippen LogP contribution in [0.4, 0.5) is 5.95 Å². The van der Waals surface area contributed by atoms with Gasteiger partial charge in [0, 0.05) is 5.70 Å². The second-order valence-electron chi connectivity index (χ2n) is 6.55. The minimum Gasteiger partial charge on any atom is -0.489 e. The Balaban J connectivity index is 1.58. The lowest BCUT2D eigenvalue weighted by atomic mass is 9.86. The normalized spacial score (nSPS) is 18.5. The van der Waals surface area contributed by atoms with Gasteiger partial charge in [-0.15, -0.1) is 0 Å². The van der Waals surface area contributed by atoms with Gasteiger partial charge in [0.15, 0.2) is 0 Å². The Kier molecular flexibility index (Phi) is 4.46. The van der Waals surface area contributed by atoms with Crippen LogP contribution in [0, 0.1) is 5.92 Å². The lowest BCUT2D eigenvalue weighted by Crippen LogP contribution is -2.35. The molecule has 6 nitrogen and oxygen atoms in total. The van der Waals surface area contributed by atoms with E-state index in [-0.39, 0.29) is 11.8 Å². The van der Waals surface area contributed by atoms with Gasteiger partial charge < -0.3 is 10.1 Å². The van der Waals surface area contributed by atoms with Gasteiger partial charge in [-0.1, -0.05) is 49.0 Å². The van der Waals surface area contributed by atoms with E-state index in [0.29, 0.717) is 18.3 Å². The van der Waals surface area contributed by atoms with Gasteiger partial charge >= 0.3 is 0 Å². The highest BCUT2D eigenvalue weighted by Crippen LogP contribution is 2.37. The Bertz CT molecular complexity index is 963. The lowest BCUT2D eigenvalue weighted by Gasteiger charge is -2.33. The van der Waals surface area contributed by atoms with Crippen molar-refractivity contribution in [2.45, 2.75) is 19.6 Å². The first kappa shape index (κ1) is 17.0. The predicted molar refractivity (Wildman–Crippen MR) is 102 cm³/mol. The molecule has 0 saturated heterocycles. The summed E-state index contributed by atoms with van der Waals surface area (Å²) >= 11 is 0. The molecular weight excluding hydrogens is 340 g/mol. The summed E-state index contributed by atoms with van der Waals surface area (Å²) < 4.78 is 7.59. The highest BCUT2D eigenvalue weighted by molar-refractivity contribution is 5.83. The first-order valence-corrected chi connectivity index (χ1v) is 8.76. The second kappa shape index (κ2) is 7.07. The van der Waals surface area contributed by atoms with E-state index in [4.69, 9.17) is 4.74 Å². The molecule has 2 aromatic carbocycles. The lowest BCUT2D eigenvalue weighted by molar-refractivity contribution is -0.120. The van der Waals surface area contributed by atoms with E-state index >= 15 is 0 Å². The molecule has 1 aliphatic rings. The van der Waals surface area contributed by atoms with Gasteiger partial charge in [-0.25, -0.2) is 4.68 Å². The van der Waals surface area contributed by atoms with E-state index in [0.717, 1.165) is 16.9 Å². The summed E-state index contributed by atoms with van der Waals surface area (Å²) in [6.07, 6.45) is 1.47. The van der Waals surface area contributed by atoms with Gasteiger partial charge in [-0.05, 0) is 30.2 Å². The number of ether oxygens (including phenoxy) is 1. The fraction of sp³-hybridized carbons (Fsp3) is 0.190. The van der Waals surface area contributed by atoms with Crippen molar-refractivity contribution in [2.24, 2.45) is 5.92 Å². The van der Waals surface area contributed by atoms with Crippen molar-refractivity contribution in [3.63, 3.8) is 0 Å². The minimum absolute atomic E-state index is 0.0306. The average Bonchev–Trinajstić information content (AvgIpc) is 3.14. The number of fused-ring (bicyclic) bond motifs is 1. The molecule has 0 aliphatic carbocycles. The van der Waals surface area contributed by atoms with Crippen LogP contribution in [0.1, 0.15) is 24.1 Å². The van der Waals surface area contributed by atoms with Crippen LogP contribution in [0.2, 0.25) is 0 Å². The zero-order valence-electron chi connectivity index (χ0n) is 15.0. The minimum atomic E-state index is -0.407. The van der Waals surface area contributed by atoms with Gasteiger partial charge in [0.1, 0.15) is 24.5 Å². The molecular formula is C21H20N4O2. The van der Waals surface area contributed by atoms with E-state index in [9.17, 15) is 4.79 Å². The summed E-state index contributed by atoms with van der Waals surface area (Å²) in [6.45, 7) is 6.09. The Labute approximate surface area is 157 Å². The molecule has 0 fully saturated rings. The summed E-state index contributed by atoms with van der Waals surface area (Å²) in [5.74, 6) is 0.985. The summed E-state index contributed by atoms with van der Waals surface area (Å²) in [6, 6.07) is 17.5. The van der Waals surface area contributed by atoms with Crippen molar-refractivity contribution in [3.05, 3.63) is 84.3 Å². The number of hydrogen-bond donors (Lipinski definition) is 1. The van der Waals surface area contributed by atoms with Crippen LogP contribution in [0.25, 0.3) is 0 Å². The van der Waals surface area contributed by atoms with Crippen LogP contribution in [-0.4, -0.2) is 20.5 Å². The molecule has 6 heteroatoms. The summed E-state index contributed by atoms with van der Waals surface area (Å²) in [5.41, 5.74) is 2.70. The van der Waals surface area contributed by atoms with Gasteiger partial charge in [0.25, 0.3) is 0 Å². The van der Waals surface area contributed by atoms with Crippen LogP contribution in [0.3, 0.4) is 0 Å². The fourth-order valence-corrected chi connectivity index (χ4v) is 3.40. The van der Waals surface area contributed by atoms with Gasteiger partial charge in [0.2, 0.25) is 5.95 Å². The van der Waals surface area contributed by atoms with E-state index in [1.807, 2.05) is 54.6 Å². The SMILES string of the molecule is C=C1Nc2ncnn2C(c2ccc(OCc3ccccc3)cc2)C1C(C)=O. The molecule has 1 aromatic heterocycles. The fourth-order valence-electron chi connectivity index (χ4n) is 3.40. The number of carbonyl (C=O) groups excluding carboxylic acids is 1. The maximum atomic E-state index is 12.3. The molecule has 0 bridgehead atoms. The quantitative estimate of drug-likeness (QED) is 0.753. The Morgan fingerprint density at radius 2 is 1.93 bits per heavy atom. The smallest absolute Gasteiger partial charge is 0.226 e. The van der Waals surface area contributed by atoms with Crippen LogP contribution < -0.4 is 10.1 Å². The number of hydrogen-bond acceptors (Lipinski definition) is 5. The number of Topliss-reactive ketones (excluding diaryl/α,β-unsaturated/α-hetero) is 1. The van der Waals surface area contributed by atoms with Crippen molar-refractivity contribution in [1.29, 1.82) is 0 Å². The highest BCUT2D eigenvalue weighted by atomic mass is 16.5. The number of nitrogens with one attached hydrogen (secondary N) is 1. The number of allylic oxidation sites excluding steroid dienone is 1. The molecule has 2 unspecified atom stereocenters. The molecule has 2 atom stereocenters. The molecule has 1 aliphatic heterocycles. The van der Waals surface area contributed by atoms with E-state index in [2.05, 4.69) is 22.0 Å². The van der Waals surface area contributed by atoms with Gasteiger partial charge in [-0.2, -0.15) is 10.1 Å². The summed E-state index contributed by atoms with van der Waals surface area (Å²) in [7, 11) is 0. The van der Waals surface area contributed by atoms with Crippen molar-refractivity contribution < 1.29 is 9.53 Å². The first-order chi connectivity index (χ1) is 13.1. The Morgan fingerprint density at radius 1 is 1.19 bits per heavy atom. The number of rotatable bonds is 5. The van der Waals surface area contributed by atoms with E-state index in [1.165, 1.54) is 6.33 Å². The summed E-state index contributed by atoms with van der Waals surface area (Å²) in [5, 5.41) is 7.37. The van der Waals surface area contributed by atoms with Gasteiger partial charge in [0.05, 0.1) is 12.0 Å². The average molecular weight is 360 g/mol. The largest absolute Gasteiger partial charge is 0.489 e. The summed E-state index contributed by atoms with van der Waals surface area (Å²) in [4.78, 5) is 16.5. The molecule has 136 valence electrons. The molecule has 27 heavy (non-hydrogen) atoms. The molecule has 0 saturated carbocycles. The Hall–Kier alpha value is -3.41. The van der Waals surface area contributed by atoms with Crippen molar-refractivity contribution >= 4 is 11.7 Å². The number of carbonyl (C=O) groups is 1. The Morgan fingerprint density at radius 3 is 2.63 bits per heavy atom. The van der Waals surface area contributed by atoms with Crippen molar-refractivity contribution in [1.82, 2.24) is 14.8 Å². The molecule has 0 radical (unpaired) electrons. The number of ketones is 1. The monoisotopic (exact) mass is 360 g/mol. The number of nitrogens with zero attached hydrogens (tertiary/aromatic N) is 3. The third kappa shape index (κ3) is 3.33. The molecule has 4 rings (SSSR count). The van der Waals surface area contributed by atoms with Crippen molar-refractivity contribution in [3.8, 4) is 5.75 Å². The zero-order chi connectivity index (χ0) is 18.8. The third-order valence-corrected chi connectivity index (χ3v) is 4.71. The third-order valence-electron chi connectivity index (χ3n) is 4.71. The zero-order valence-corrected chi connectivity index (χ0v) is 15.0. The number of aromatic nitrogens is 3. The predicted octanol–water partition coefficient (Wildman–Crippen LogP) is 3.59. The van der Waals surface area contributed by atoms with Crippen LogP contribution >= 0.6 is 0 Å². The number of anilines is 1. The number of benzene rings is 2. The molecule has 2 heterocycles. The van der Waals surface area contributed by atoms with Crippen LogP contribution in [0.5, 0.6) is 5.75 Å². The van der Waals surface area contributed by atoms with E-state index in [1.54, 1.807) is 11.6 Å². The maximum absolute atomic E-state index is 12.3. The van der Waals surface area contributed by atoms with E-state index < -0.39 is 5.92 Å². The topological polar surface area (TPSA) is 69.0 Å². The first-order valence-electron chi connectivity index (χ1n) is 8.76. The van der Waals surface area contributed by atoms with Gasteiger partial charge in [-0.3, -0.25) is 4.79 Å².